The Bertz CT molecular complexity index is 1350. The Kier molecular flexibility index (Phi) is 5.36. The van der Waals surface area contributed by atoms with Crippen molar-refractivity contribution in [3.63, 3.8) is 0 Å². The molecule has 2 aromatic carbocycles. The standard InChI is InChI=1S/C22H21N7O2S/c1-31-17-9-5-4-8-16(17)24-21-27-18(26-20(23)28-21)12-32-22-25-15-7-3-2-6-14(15)19(30)29(22)13-10-11-13/h2-9,13H,10-12H2,1H3,(H3,23,24,26,27,28). The molecule has 0 aliphatic heterocycles. The number of anilines is 3. The summed E-state index contributed by atoms with van der Waals surface area (Å²) < 4.78 is 7.16. The number of nitrogens with one attached hydrogen (secondary N) is 1. The maximum Gasteiger partial charge on any atom is 0.262 e. The number of hydrogen-bond acceptors (Lipinski definition) is 9. The Morgan fingerprint density at radius 2 is 1.88 bits per heavy atom. The quantitative estimate of drug-likeness (QED) is 0.324. The average molecular weight is 448 g/mol. The van der Waals surface area contributed by atoms with Crippen LogP contribution in [0.25, 0.3) is 10.9 Å². The zero-order valence-corrected chi connectivity index (χ0v) is 18.2. The largest absolute Gasteiger partial charge is 0.495 e. The SMILES string of the molecule is COc1ccccc1Nc1nc(N)nc(CSc2nc3ccccc3c(=O)n2C2CC2)n1. The van der Waals surface area contributed by atoms with Crippen LogP contribution >= 0.6 is 11.8 Å². The zero-order valence-electron chi connectivity index (χ0n) is 17.4. The minimum atomic E-state index is -0.00529. The van der Waals surface area contributed by atoms with E-state index in [1.54, 1.807) is 11.7 Å². The smallest absolute Gasteiger partial charge is 0.262 e. The Morgan fingerprint density at radius 1 is 1.09 bits per heavy atom. The average Bonchev–Trinajstić information content (AvgIpc) is 3.63. The van der Waals surface area contributed by atoms with Crippen LogP contribution in [0.1, 0.15) is 24.7 Å². The molecule has 1 saturated carbocycles. The van der Waals surface area contributed by atoms with E-state index in [9.17, 15) is 4.79 Å². The predicted octanol–water partition coefficient (Wildman–Crippen LogP) is 3.54. The van der Waals surface area contributed by atoms with Gasteiger partial charge in [0.25, 0.3) is 5.56 Å². The van der Waals surface area contributed by atoms with Gasteiger partial charge in [0, 0.05) is 6.04 Å². The molecule has 0 amide bonds. The molecule has 32 heavy (non-hydrogen) atoms. The lowest BCUT2D eigenvalue weighted by Gasteiger charge is -2.13. The molecule has 9 nitrogen and oxygen atoms in total. The second-order valence-corrected chi connectivity index (χ2v) is 8.31. The van der Waals surface area contributed by atoms with Gasteiger partial charge in [-0.1, -0.05) is 36.0 Å². The Hall–Kier alpha value is -3.66. The number of thioether (sulfide) groups is 1. The normalized spacial score (nSPS) is 13.3. The van der Waals surface area contributed by atoms with Crippen molar-refractivity contribution < 1.29 is 4.74 Å². The highest BCUT2D eigenvalue weighted by Crippen LogP contribution is 2.37. The van der Waals surface area contributed by atoms with Crippen molar-refractivity contribution in [1.82, 2.24) is 24.5 Å². The predicted molar refractivity (Wildman–Crippen MR) is 124 cm³/mol. The first-order chi connectivity index (χ1) is 15.6. The molecule has 4 aromatic rings. The third-order valence-electron chi connectivity index (χ3n) is 5.07. The van der Waals surface area contributed by atoms with Crippen LogP contribution < -0.4 is 21.3 Å². The molecule has 2 aromatic heterocycles. The molecule has 0 bridgehead atoms. The van der Waals surface area contributed by atoms with E-state index < -0.39 is 0 Å². The molecular formula is C22H21N7O2S. The Balaban J connectivity index is 1.42. The highest BCUT2D eigenvalue weighted by atomic mass is 32.2. The number of fused-ring (bicyclic) bond motifs is 1. The molecule has 0 atom stereocenters. The fraction of sp³-hybridized carbons (Fsp3) is 0.227. The van der Waals surface area contributed by atoms with Gasteiger partial charge in [-0.3, -0.25) is 9.36 Å². The molecule has 0 unspecified atom stereocenters. The first kappa shape index (κ1) is 20.3. The van der Waals surface area contributed by atoms with Crippen molar-refractivity contribution in [3.05, 3.63) is 64.7 Å². The van der Waals surface area contributed by atoms with E-state index >= 15 is 0 Å². The number of nitrogens with two attached hydrogens (primary N) is 1. The number of rotatable bonds is 7. The zero-order chi connectivity index (χ0) is 22.1. The van der Waals surface area contributed by atoms with Gasteiger partial charge in [0.05, 0.1) is 29.5 Å². The van der Waals surface area contributed by atoms with Crippen LogP contribution in [0, 0.1) is 0 Å². The second kappa shape index (κ2) is 8.46. The summed E-state index contributed by atoms with van der Waals surface area (Å²) in [4.78, 5) is 30.7. The number of nitrogen functional groups attached to an aromatic ring is 1. The molecule has 162 valence electrons. The van der Waals surface area contributed by atoms with Crippen molar-refractivity contribution in [3.8, 4) is 5.75 Å². The summed E-state index contributed by atoms with van der Waals surface area (Å²) in [5.41, 5.74) is 7.33. The lowest BCUT2D eigenvalue weighted by molar-refractivity contribution is 0.417. The molecule has 1 fully saturated rings. The maximum absolute atomic E-state index is 13.0. The number of benzene rings is 2. The van der Waals surface area contributed by atoms with E-state index in [-0.39, 0.29) is 17.5 Å². The molecule has 3 N–H and O–H groups in total. The van der Waals surface area contributed by atoms with Crippen molar-refractivity contribution in [2.45, 2.75) is 29.8 Å². The fourth-order valence-electron chi connectivity index (χ4n) is 3.44. The van der Waals surface area contributed by atoms with Crippen molar-refractivity contribution in [1.29, 1.82) is 0 Å². The number of aromatic nitrogens is 5. The van der Waals surface area contributed by atoms with E-state index in [1.807, 2.05) is 48.5 Å². The maximum atomic E-state index is 13.0. The first-order valence-corrected chi connectivity index (χ1v) is 11.2. The molecule has 1 aliphatic rings. The number of ether oxygens (including phenoxy) is 1. The van der Waals surface area contributed by atoms with Crippen LogP contribution in [-0.4, -0.2) is 31.6 Å². The number of para-hydroxylation sites is 3. The van der Waals surface area contributed by atoms with Crippen LogP contribution in [0.4, 0.5) is 17.6 Å². The summed E-state index contributed by atoms with van der Waals surface area (Å²) in [5.74, 6) is 1.98. The van der Waals surface area contributed by atoms with Crippen LogP contribution in [0.15, 0.2) is 58.5 Å². The van der Waals surface area contributed by atoms with Crippen molar-refractivity contribution in [2.75, 3.05) is 18.2 Å². The van der Waals surface area contributed by atoms with Crippen molar-refractivity contribution in [2.24, 2.45) is 0 Å². The van der Waals surface area contributed by atoms with Crippen molar-refractivity contribution >= 4 is 40.2 Å². The summed E-state index contributed by atoms with van der Waals surface area (Å²) >= 11 is 1.42. The monoisotopic (exact) mass is 447 g/mol. The van der Waals surface area contributed by atoms with Gasteiger partial charge in [-0.15, -0.1) is 0 Å². The number of hydrogen-bond donors (Lipinski definition) is 2. The summed E-state index contributed by atoms with van der Waals surface area (Å²) in [6.45, 7) is 0. The summed E-state index contributed by atoms with van der Waals surface area (Å²) in [7, 11) is 1.60. The molecule has 0 spiro atoms. The minimum absolute atomic E-state index is 0.00529. The fourth-order valence-corrected chi connectivity index (χ4v) is 4.36. The second-order valence-electron chi connectivity index (χ2n) is 7.37. The van der Waals surface area contributed by atoms with Gasteiger partial charge in [0.2, 0.25) is 11.9 Å². The Labute approximate surface area is 188 Å². The van der Waals surface area contributed by atoms with E-state index in [0.717, 1.165) is 18.5 Å². The van der Waals surface area contributed by atoms with Gasteiger partial charge < -0.3 is 15.8 Å². The van der Waals surface area contributed by atoms with E-state index in [0.29, 0.717) is 39.3 Å². The summed E-state index contributed by atoms with van der Waals surface area (Å²) in [5, 5.41) is 4.43. The third kappa shape index (κ3) is 4.09. The van der Waals surface area contributed by atoms with E-state index in [4.69, 9.17) is 15.5 Å². The topological polar surface area (TPSA) is 121 Å². The molecule has 2 heterocycles. The lowest BCUT2D eigenvalue weighted by Crippen LogP contribution is -2.22. The molecule has 5 rings (SSSR count). The first-order valence-electron chi connectivity index (χ1n) is 10.2. The molecule has 1 aliphatic carbocycles. The van der Waals surface area contributed by atoms with Gasteiger partial charge in [-0.05, 0) is 37.1 Å². The van der Waals surface area contributed by atoms with Gasteiger partial charge in [0.1, 0.15) is 11.6 Å². The highest BCUT2D eigenvalue weighted by molar-refractivity contribution is 7.98. The van der Waals surface area contributed by atoms with E-state index in [1.165, 1.54) is 11.8 Å². The van der Waals surface area contributed by atoms with Crippen LogP contribution in [0.3, 0.4) is 0 Å². The van der Waals surface area contributed by atoms with Crippen LogP contribution in [0.2, 0.25) is 0 Å². The van der Waals surface area contributed by atoms with Gasteiger partial charge in [-0.2, -0.15) is 15.0 Å². The van der Waals surface area contributed by atoms with Gasteiger partial charge >= 0.3 is 0 Å². The van der Waals surface area contributed by atoms with E-state index in [2.05, 4.69) is 20.3 Å². The molecule has 10 heteroatoms. The Morgan fingerprint density at radius 3 is 2.69 bits per heavy atom. The highest BCUT2D eigenvalue weighted by Gasteiger charge is 2.28. The van der Waals surface area contributed by atoms with Crippen LogP contribution in [0.5, 0.6) is 5.75 Å². The van der Waals surface area contributed by atoms with Gasteiger partial charge in [-0.25, -0.2) is 4.98 Å². The number of methoxy groups -OCH3 is 1. The summed E-state index contributed by atoms with van der Waals surface area (Å²) in [6.07, 6.45) is 1.97. The minimum Gasteiger partial charge on any atom is -0.495 e. The van der Waals surface area contributed by atoms with Crippen LogP contribution in [-0.2, 0) is 5.75 Å². The summed E-state index contributed by atoms with van der Waals surface area (Å²) in [6, 6.07) is 15.1. The lowest BCUT2D eigenvalue weighted by atomic mass is 10.2. The molecular weight excluding hydrogens is 426 g/mol. The third-order valence-corrected chi connectivity index (χ3v) is 6.02. The molecule has 0 saturated heterocycles. The molecule has 0 radical (unpaired) electrons. The van der Waals surface area contributed by atoms with Gasteiger partial charge in [0.15, 0.2) is 5.16 Å². The number of nitrogens with zero attached hydrogens (tertiary/aromatic N) is 5.